The molecule has 0 radical (unpaired) electrons. The minimum atomic E-state index is 0.685. The van der Waals surface area contributed by atoms with Crippen LogP contribution in [0.25, 0.3) is 0 Å². The number of rotatable bonds is 5. The van der Waals surface area contributed by atoms with Gasteiger partial charge in [0.2, 0.25) is 0 Å². The second-order valence-corrected chi connectivity index (χ2v) is 5.31. The summed E-state index contributed by atoms with van der Waals surface area (Å²) < 4.78 is 10.8. The van der Waals surface area contributed by atoms with Crippen LogP contribution in [0.3, 0.4) is 0 Å². The first-order chi connectivity index (χ1) is 7.42. The maximum absolute atomic E-state index is 5.70. The van der Waals surface area contributed by atoms with E-state index in [4.69, 9.17) is 9.47 Å². The van der Waals surface area contributed by atoms with Gasteiger partial charge in [0, 0.05) is 12.5 Å². The Morgan fingerprint density at radius 1 is 1.20 bits per heavy atom. The Balaban J connectivity index is 1.31. The summed E-state index contributed by atoms with van der Waals surface area (Å²) in [7, 11) is 0. The summed E-state index contributed by atoms with van der Waals surface area (Å²) in [4.78, 5) is 0. The van der Waals surface area contributed by atoms with Crippen molar-refractivity contribution in [1.82, 2.24) is 0 Å². The quantitative estimate of drug-likeness (QED) is 0.509. The van der Waals surface area contributed by atoms with Gasteiger partial charge in [-0.15, -0.1) is 0 Å². The van der Waals surface area contributed by atoms with Crippen molar-refractivity contribution in [3.63, 3.8) is 0 Å². The third-order valence-electron chi connectivity index (χ3n) is 4.11. The molecule has 2 heteroatoms. The monoisotopic (exact) mass is 208 g/mol. The van der Waals surface area contributed by atoms with Crippen LogP contribution in [0.1, 0.15) is 19.3 Å². The first kappa shape index (κ1) is 9.86. The lowest BCUT2D eigenvalue weighted by molar-refractivity contribution is -0.0728. The number of hydrogen-bond donors (Lipinski definition) is 0. The molecule has 0 aromatic rings. The van der Waals surface area contributed by atoms with Crippen LogP contribution < -0.4 is 0 Å². The molecule has 84 valence electrons. The molecule has 1 heterocycles. The van der Waals surface area contributed by atoms with Crippen LogP contribution in [0, 0.1) is 23.7 Å². The molecule has 3 rings (SSSR count). The maximum atomic E-state index is 5.70. The topological polar surface area (TPSA) is 18.5 Å². The molecule has 0 amide bonds. The largest absolute Gasteiger partial charge is 0.381 e. The summed E-state index contributed by atoms with van der Waals surface area (Å²) in [6, 6.07) is 0. The second kappa shape index (κ2) is 4.26. The first-order valence-corrected chi connectivity index (χ1v) is 6.25. The fraction of sp³-hybridized carbons (Fsp3) is 0.846. The highest BCUT2D eigenvalue weighted by Gasteiger charge is 2.34. The van der Waals surface area contributed by atoms with Gasteiger partial charge in [0.1, 0.15) is 0 Å². The van der Waals surface area contributed by atoms with Gasteiger partial charge in [-0.05, 0) is 37.0 Å². The van der Waals surface area contributed by atoms with Crippen molar-refractivity contribution in [2.24, 2.45) is 23.7 Å². The van der Waals surface area contributed by atoms with Gasteiger partial charge in [0.15, 0.2) is 0 Å². The Kier molecular flexibility index (Phi) is 2.80. The highest BCUT2D eigenvalue weighted by molar-refractivity contribution is 5.09. The minimum Gasteiger partial charge on any atom is -0.381 e. The van der Waals surface area contributed by atoms with E-state index in [1.54, 1.807) is 0 Å². The molecule has 1 saturated heterocycles. The number of fused-ring (bicyclic) bond motifs is 2. The summed E-state index contributed by atoms with van der Waals surface area (Å²) in [5.74, 6) is 3.38. The van der Waals surface area contributed by atoms with Crippen molar-refractivity contribution >= 4 is 0 Å². The lowest BCUT2D eigenvalue weighted by atomic mass is 9.91. The molecule has 0 aromatic carbocycles. The standard InChI is InChI=1S/C13H20O2/c1-2-12-5-10(1)6-13(12)3-4-14-7-11-8-15-9-11/h1-2,10-13H,3-9H2. The van der Waals surface area contributed by atoms with Crippen molar-refractivity contribution < 1.29 is 9.47 Å². The average Bonchev–Trinajstić information content (AvgIpc) is 2.75. The van der Waals surface area contributed by atoms with Gasteiger partial charge in [-0.1, -0.05) is 12.2 Å². The predicted molar refractivity (Wildman–Crippen MR) is 58.6 cm³/mol. The fourth-order valence-electron chi connectivity index (χ4n) is 3.09. The smallest absolute Gasteiger partial charge is 0.0538 e. The molecule has 2 nitrogen and oxygen atoms in total. The SMILES string of the molecule is C1=CC2CC1CC2CCOCC1COC1. The Bertz CT molecular complexity index is 245. The maximum Gasteiger partial charge on any atom is 0.0538 e. The summed E-state index contributed by atoms with van der Waals surface area (Å²) in [5.41, 5.74) is 0. The van der Waals surface area contributed by atoms with Gasteiger partial charge in [-0.25, -0.2) is 0 Å². The van der Waals surface area contributed by atoms with E-state index in [0.717, 1.165) is 44.2 Å². The third-order valence-corrected chi connectivity index (χ3v) is 4.11. The molecular weight excluding hydrogens is 188 g/mol. The van der Waals surface area contributed by atoms with Crippen LogP contribution in [0.15, 0.2) is 12.2 Å². The summed E-state index contributed by atoms with van der Waals surface area (Å²) in [5, 5.41) is 0. The van der Waals surface area contributed by atoms with E-state index in [-0.39, 0.29) is 0 Å². The molecule has 1 aliphatic heterocycles. The predicted octanol–water partition coefficient (Wildman–Crippen LogP) is 2.25. The third kappa shape index (κ3) is 2.11. The van der Waals surface area contributed by atoms with Crippen molar-refractivity contribution in [3.8, 4) is 0 Å². The lowest BCUT2D eigenvalue weighted by Gasteiger charge is -2.26. The number of ether oxygens (including phenoxy) is 2. The van der Waals surface area contributed by atoms with Gasteiger partial charge in [-0.2, -0.15) is 0 Å². The summed E-state index contributed by atoms with van der Waals surface area (Å²) in [6.45, 7) is 3.70. The molecule has 0 spiro atoms. The van der Waals surface area contributed by atoms with E-state index in [0.29, 0.717) is 5.92 Å². The molecule has 2 bridgehead atoms. The molecule has 15 heavy (non-hydrogen) atoms. The van der Waals surface area contributed by atoms with Gasteiger partial charge < -0.3 is 9.47 Å². The first-order valence-electron chi connectivity index (χ1n) is 6.25. The highest BCUT2D eigenvalue weighted by Crippen LogP contribution is 2.44. The molecule has 1 saturated carbocycles. The van der Waals surface area contributed by atoms with Gasteiger partial charge in [0.25, 0.3) is 0 Å². The van der Waals surface area contributed by atoms with Crippen LogP contribution in [0.4, 0.5) is 0 Å². The van der Waals surface area contributed by atoms with Crippen molar-refractivity contribution in [2.45, 2.75) is 19.3 Å². The lowest BCUT2D eigenvalue weighted by Crippen LogP contribution is -2.31. The van der Waals surface area contributed by atoms with E-state index in [1.165, 1.54) is 19.3 Å². The second-order valence-electron chi connectivity index (χ2n) is 5.31. The Hall–Kier alpha value is -0.340. The van der Waals surface area contributed by atoms with Gasteiger partial charge in [0.05, 0.1) is 19.8 Å². The summed E-state index contributed by atoms with van der Waals surface area (Å²) in [6.07, 6.45) is 8.93. The molecule has 2 fully saturated rings. The van der Waals surface area contributed by atoms with E-state index in [1.807, 2.05) is 0 Å². The molecule has 3 unspecified atom stereocenters. The van der Waals surface area contributed by atoms with E-state index in [2.05, 4.69) is 12.2 Å². The van der Waals surface area contributed by atoms with Crippen molar-refractivity contribution in [2.75, 3.05) is 26.4 Å². The zero-order valence-corrected chi connectivity index (χ0v) is 9.23. The van der Waals surface area contributed by atoms with Crippen molar-refractivity contribution in [3.05, 3.63) is 12.2 Å². The molecule has 0 N–H and O–H groups in total. The minimum absolute atomic E-state index is 0.685. The number of hydrogen-bond acceptors (Lipinski definition) is 2. The Morgan fingerprint density at radius 3 is 2.73 bits per heavy atom. The molecule has 2 aliphatic carbocycles. The number of allylic oxidation sites excluding steroid dienone is 2. The molecule has 3 aliphatic rings. The molecular formula is C13H20O2. The van der Waals surface area contributed by atoms with Crippen LogP contribution in [0.5, 0.6) is 0 Å². The van der Waals surface area contributed by atoms with E-state index in [9.17, 15) is 0 Å². The van der Waals surface area contributed by atoms with E-state index >= 15 is 0 Å². The highest BCUT2D eigenvalue weighted by atomic mass is 16.5. The van der Waals surface area contributed by atoms with Crippen LogP contribution >= 0.6 is 0 Å². The van der Waals surface area contributed by atoms with Crippen LogP contribution in [-0.2, 0) is 9.47 Å². The van der Waals surface area contributed by atoms with Gasteiger partial charge >= 0.3 is 0 Å². The molecule has 0 aromatic heterocycles. The summed E-state index contributed by atoms with van der Waals surface area (Å²) >= 11 is 0. The molecule has 3 atom stereocenters. The van der Waals surface area contributed by atoms with Gasteiger partial charge in [-0.3, -0.25) is 0 Å². The zero-order chi connectivity index (χ0) is 10.1. The average molecular weight is 208 g/mol. The zero-order valence-electron chi connectivity index (χ0n) is 9.23. The Labute approximate surface area is 91.6 Å². The normalized spacial score (nSPS) is 38.5. The van der Waals surface area contributed by atoms with E-state index < -0.39 is 0 Å². The van der Waals surface area contributed by atoms with Crippen LogP contribution in [-0.4, -0.2) is 26.4 Å². The Morgan fingerprint density at radius 2 is 2.13 bits per heavy atom. The van der Waals surface area contributed by atoms with Crippen molar-refractivity contribution in [1.29, 1.82) is 0 Å². The fourth-order valence-corrected chi connectivity index (χ4v) is 3.09. The van der Waals surface area contributed by atoms with Crippen LogP contribution in [0.2, 0.25) is 0 Å².